The third-order valence-corrected chi connectivity index (χ3v) is 4.08. The number of nitrogens with zero attached hydrogens (tertiary/aromatic N) is 1. The lowest BCUT2D eigenvalue weighted by atomic mass is 10.1. The van der Waals surface area contributed by atoms with E-state index in [1.807, 2.05) is 0 Å². The number of aliphatic hydroxyl groups excluding tert-OH is 1. The second-order valence-electron chi connectivity index (χ2n) is 5.07. The van der Waals surface area contributed by atoms with Crippen molar-refractivity contribution in [2.45, 2.75) is 50.6 Å². The Kier molecular flexibility index (Phi) is 2.37. The van der Waals surface area contributed by atoms with Crippen molar-refractivity contribution in [1.82, 2.24) is 4.90 Å². The largest absolute Gasteiger partial charge is 0.394 e. The summed E-state index contributed by atoms with van der Waals surface area (Å²) in [5, 5.41) is 9.31. The Morgan fingerprint density at radius 2 is 2.08 bits per heavy atom. The molecule has 2 heteroatoms. The molecule has 2 rings (SSSR count). The fraction of sp³-hybridized carbons (Fsp3) is 1.00. The second-order valence-corrected chi connectivity index (χ2v) is 5.07. The average molecular weight is 183 g/mol. The van der Waals surface area contributed by atoms with Crippen LogP contribution in [0.1, 0.15) is 39.0 Å². The maximum atomic E-state index is 9.31. The molecule has 2 fully saturated rings. The summed E-state index contributed by atoms with van der Waals surface area (Å²) in [6, 6.07) is 0.740. The lowest BCUT2D eigenvalue weighted by Gasteiger charge is -2.32. The molecule has 0 spiro atoms. The molecular formula is C11H21NO. The smallest absolute Gasteiger partial charge is 0.0615 e. The fourth-order valence-corrected chi connectivity index (χ4v) is 2.68. The van der Waals surface area contributed by atoms with Gasteiger partial charge in [0.05, 0.1) is 6.61 Å². The highest BCUT2D eigenvalue weighted by atomic mass is 16.3. The van der Waals surface area contributed by atoms with Gasteiger partial charge in [0, 0.05) is 11.6 Å². The van der Waals surface area contributed by atoms with Crippen molar-refractivity contribution in [2.24, 2.45) is 5.92 Å². The standard InChI is InChI=1S/C11H21NO/c1-9-3-4-10(7-9)12(2)11(8-13)5-6-11/h9-10,13H,3-8H2,1-2H3. The van der Waals surface area contributed by atoms with Crippen LogP contribution in [0.5, 0.6) is 0 Å². The first-order valence-corrected chi connectivity index (χ1v) is 5.52. The summed E-state index contributed by atoms with van der Waals surface area (Å²) in [6.07, 6.45) is 6.43. The Morgan fingerprint density at radius 1 is 1.38 bits per heavy atom. The Hall–Kier alpha value is -0.0800. The normalized spacial score (nSPS) is 36.9. The first kappa shape index (κ1) is 9.47. The molecule has 0 amide bonds. The van der Waals surface area contributed by atoms with Crippen molar-refractivity contribution >= 4 is 0 Å². The van der Waals surface area contributed by atoms with Crippen LogP contribution in [0.25, 0.3) is 0 Å². The predicted molar refractivity (Wildman–Crippen MR) is 53.6 cm³/mol. The fourth-order valence-electron chi connectivity index (χ4n) is 2.68. The minimum Gasteiger partial charge on any atom is -0.394 e. The Labute approximate surface area is 80.9 Å². The van der Waals surface area contributed by atoms with Gasteiger partial charge in [0.2, 0.25) is 0 Å². The summed E-state index contributed by atoms with van der Waals surface area (Å²) < 4.78 is 0. The lowest BCUT2D eigenvalue weighted by Crippen LogP contribution is -2.43. The monoisotopic (exact) mass is 183 g/mol. The van der Waals surface area contributed by atoms with Gasteiger partial charge in [0.1, 0.15) is 0 Å². The summed E-state index contributed by atoms with van der Waals surface area (Å²) in [5.41, 5.74) is 0.189. The maximum absolute atomic E-state index is 9.31. The molecule has 13 heavy (non-hydrogen) atoms. The van der Waals surface area contributed by atoms with E-state index in [-0.39, 0.29) is 5.54 Å². The van der Waals surface area contributed by atoms with Gasteiger partial charge >= 0.3 is 0 Å². The first-order valence-electron chi connectivity index (χ1n) is 5.52. The summed E-state index contributed by atoms with van der Waals surface area (Å²) in [5.74, 6) is 0.891. The predicted octanol–water partition coefficient (Wildman–Crippen LogP) is 1.63. The first-order chi connectivity index (χ1) is 6.18. The topological polar surface area (TPSA) is 23.5 Å². The molecule has 2 aliphatic carbocycles. The molecule has 76 valence electrons. The van der Waals surface area contributed by atoms with Gasteiger partial charge in [-0.25, -0.2) is 0 Å². The Bertz CT molecular complexity index is 189. The van der Waals surface area contributed by atoms with Crippen LogP contribution in [0, 0.1) is 5.92 Å². The molecule has 0 saturated heterocycles. The minimum absolute atomic E-state index is 0.189. The van der Waals surface area contributed by atoms with E-state index in [9.17, 15) is 5.11 Å². The Morgan fingerprint density at radius 3 is 2.46 bits per heavy atom. The van der Waals surface area contributed by atoms with E-state index in [2.05, 4.69) is 18.9 Å². The number of aliphatic hydroxyl groups is 1. The molecule has 1 N–H and O–H groups in total. The van der Waals surface area contributed by atoms with Gasteiger partial charge in [0.25, 0.3) is 0 Å². The highest BCUT2D eigenvalue weighted by Gasteiger charge is 2.48. The molecule has 0 heterocycles. The minimum atomic E-state index is 0.189. The van der Waals surface area contributed by atoms with Crippen molar-refractivity contribution in [1.29, 1.82) is 0 Å². The van der Waals surface area contributed by atoms with Crippen LogP contribution in [0.15, 0.2) is 0 Å². The van der Waals surface area contributed by atoms with Crippen LogP contribution in [0.3, 0.4) is 0 Å². The molecule has 2 saturated carbocycles. The van der Waals surface area contributed by atoms with Crippen molar-refractivity contribution in [3.8, 4) is 0 Å². The van der Waals surface area contributed by atoms with Crippen molar-refractivity contribution in [3.63, 3.8) is 0 Å². The van der Waals surface area contributed by atoms with Gasteiger partial charge in [0.15, 0.2) is 0 Å². The molecular weight excluding hydrogens is 162 g/mol. The second kappa shape index (κ2) is 3.25. The highest BCUT2D eigenvalue weighted by Crippen LogP contribution is 2.44. The van der Waals surface area contributed by atoms with Crippen molar-refractivity contribution in [2.75, 3.05) is 13.7 Å². The van der Waals surface area contributed by atoms with Gasteiger partial charge in [-0.1, -0.05) is 6.92 Å². The van der Waals surface area contributed by atoms with Crippen LogP contribution >= 0.6 is 0 Å². The Balaban J connectivity index is 1.93. The number of likely N-dealkylation sites (N-methyl/N-ethyl adjacent to an activating group) is 1. The summed E-state index contributed by atoms with van der Waals surface area (Å²) >= 11 is 0. The zero-order chi connectivity index (χ0) is 9.47. The third kappa shape index (κ3) is 1.62. The van der Waals surface area contributed by atoms with Crippen LogP contribution in [0.2, 0.25) is 0 Å². The van der Waals surface area contributed by atoms with Gasteiger partial charge in [-0.3, -0.25) is 4.90 Å². The van der Waals surface area contributed by atoms with Crippen molar-refractivity contribution < 1.29 is 5.11 Å². The molecule has 2 aliphatic rings. The van der Waals surface area contributed by atoms with E-state index in [1.54, 1.807) is 0 Å². The van der Waals surface area contributed by atoms with Gasteiger partial charge in [-0.05, 0) is 45.1 Å². The van der Waals surface area contributed by atoms with Crippen LogP contribution in [0.4, 0.5) is 0 Å². The van der Waals surface area contributed by atoms with E-state index in [4.69, 9.17) is 0 Å². The summed E-state index contributed by atoms with van der Waals surface area (Å²) in [7, 11) is 2.20. The number of rotatable bonds is 3. The zero-order valence-electron chi connectivity index (χ0n) is 8.79. The third-order valence-electron chi connectivity index (χ3n) is 4.08. The molecule has 2 nitrogen and oxygen atoms in total. The zero-order valence-corrected chi connectivity index (χ0v) is 8.79. The lowest BCUT2D eigenvalue weighted by molar-refractivity contribution is 0.0916. The number of hydrogen-bond acceptors (Lipinski definition) is 2. The summed E-state index contributed by atoms with van der Waals surface area (Å²) in [4.78, 5) is 2.45. The average Bonchev–Trinajstić information content (AvgIpc) is 2.82. The molecule has 2 atom stereocenters. The molecule has 0 aromatic rings. The maximum Gasteiger partial charge on any atom is 0.0615 e. The molecule has 0 aromatic carbocycles. The van der Waals surface area contributed by atoms with Gasteiger partial charge in [-0.2, -0.15) is 0 Å². The molecule has 0 aliphatic heterocycles. The quantitative estimate of drug-likeness (QED) is 0.719. The molecule has 0 bridgehead atoms. The van der Waals surface area contributed by atoms with Crippen LogP contribution < -0.4 is 0 Å². The van der Waals surface area contributed by atoms with E-state index < -0.39 is 0 Å². The van der Waals surface area contributed by atoms with E-state index >= 15 is 0 Å². The molecule has 2 unspecified atom stereocenters. The number of hydrogen-bond donors (Lipinski definition) is 1. The van der Waals surface area contributed by atoms with E-state index in [0.29, 0.717) is 6.61 Å². The SMILES string of the molecule is CC1CCC(N(C)C2(CO)CC2)C1. The van der Waals surface area contributed by atoms with Crippen LogP contribution in [-0.2, 0) is 0 Å². The summed E-state index contributed by atoms with van der Waals surface area (Å²) in [6.45, 7) is 2.70. The van der Waals surface area contributed by atoms with Crippen LogP contribution in [-0.4, -0.2) is 35.2 Å². The molecule has 0 aromatic heterocycles. The van der Waals surface area contributed by atoms with Gasteiger partial charge < -0.3 is 5.11 Å². The van der Waals surface area contributed by atoms with E-state index in [0.717, 1.165) is 12.0 Å². The molecule has 0 radical (unpaired) electrons. The van der Waals surface area contributed by atoms with Gasteiger partial charge in [-0.15, -0.1) is 0 Å². The van der Waals surface area contributed by atoms with E-state index in [1.165, 1.54) is 32.1 Å². The van der Waals surface area contributed by atoms with Crippen molar-refractivity contribution in [3.05, 3.63) is 0 Å². The highest BCUT2D eigenvalue weighted by molar-refractivity contribution is 5.04.